The van der Waals surface area contributed by atoms with E-state index in [1.54, 1.807) is 12.1 Å². The molecule has 0 aliphatic rings. The summed E-state index contributed by atoms with van der Waals surface area (Å²) in [6.07, 6.45) is 0.469. The van der Waals surface area contributed by atoms with Crippen molar-refractivity contribution in [1.29, 1.82) is 0 Å². The van der Waals surface area contributed by atoms with Crippen LogP contribution in [-0.2, 0) is 27.2 Å². The number of rotatable bonds is 8. The van der Waals surface area contributed by atoms with Crippen molar-refractivity contribution in [3.05, 3.63) is 65.7 Å². The molecule has 3 amide bonds. The number of phenols is 1. The average Bonchev–Trinajstić information content (AvgIpc) is 2.62. The summed E-state index contributed by atoms with van der Waals surface area (Å²) in [6.45, 7) is 1.33. The van der Waals surface area contributed by atoms with Gasteiger partial charge in [-0.15, -0.1) is 0 Å². The lowest BCUT2D eigenvalue weighted by atomic mass is 10.0. The van der Waals surface area contributed by atoms with Gasteiger partial charge < -0.3 is 21.5 Å². The molecule has 7 heteroatoms. The Morgan fingerprint density at radius 2 is 1.44 bits per heavy atom. The van der Waals surface area contributed by atoms with Crippen molar-refractivity contribution in [3.8, 4) is 5.75 Å². The molecular formula is C20H23N3O4. The van der Waals surface area contributed by atoms with Crippen LogP contribution >= 0.6 is 0 Å². The van der Waals surface area contributed by atoms with Crippen molar-refractivity contribution in [2.75, 3.05) is 0 Å². The van der Waals surface area contributed by atoms with Gasteiger partial charge in [0.15, 0.2) is 0 Å². The van der Waals surface area contributed by atoms with Crippen molar-refractivity contribution >= 4 is 17.7 Å². The van der Waals surface area contributed by atoms with Gasteiger partial charge >= 0.3 is 0 Å². The number of hydrogen-bond acceptors (Lipinski definition) is 4. The Hall–Kier alpha value is -3.35. The van der Waals surface area contributed by atoms with E-state index >= 15 is 0 Å². The number of hydrogen-bond donors (Lipinski definition) is 4. The van der Waals surface area contributed by atoms with E-state index in [1.807, 2.05) is 30.3 Å². The van der Waals surface area contributed by atoms with E-state index < -0.39 is 23.9 Å². The fraction of sp³-hybridized carbons (Fsp3) is 0.250. The topological polar surface area (TPSA) is 122 Å². The molecule has 0 bridgehead atoms. The number of amides is 3. The third kappa shape index (κ3) is 6.47. The molecule has 2 atom stereocenters. The summed E-state index contributed by atoms with van der Waals surface area (Å²) in [5.41, 5.74) is 7.03. The Morgan fingerprint density at radius 3 is 2.00 bits per heavy atom. The van der Waals surface area contributed by atoms with E-state index in [0.29, 0.717) is 0 Å². The van der Waals surface area contributed by atoms with Crippen molar-refractivity contribution in [1.82, 2.24) is 10.6 Å². The van der Waals surface area contributed by atoms with Crippen LogP contribution in [0, 0.1) is 0 Å². The number of nitrogens with two attached hydrogens (primary N) is 1. The van der Waals surface area contributed by atoms with Gasteiger partial charge in [0, 0.05) is 19.8 Å². The summed E-state index contributed by atoms with van der Waals surface area (Å²) in [5.74, 6) is -1.42. The lowest BCUT2D eigenvalue weighted by Gasteiger charge is -2.22. The first-order valence-corrected chi connectivity index (χ1v) is 8.54. The fourth-order valence-corrected chi connectivity index (χ4v) is 2.67. The van der Waals surface area contributed by atoms with Crippen molar-refractivity contribution in [2.24, 2.45) is 5.73 Å². The van der Waals surface area contributed by atoms with Crippen LogP contribution in [-0.4, -0.2) is 34.9 Å². The minimum absolute atomic E-state index is 0.104. The number of primary amides is 1. The van der Waals surface area contributed by atoms with Crippen LogP contribution < -0.4 is 16.4 Å². The molecule has 0 aromatic heterocycles. The third-order valence-electron chi connectivity index (χ3n) is 4.01. The smallest absolute Gasteiger partial charge is 0.243 e. The SMILES string of the molecule is CC(=O)N[C@@H](Cc1ccccc1)C(=O)NC(Cc1ccc(O)cc1)C(N)=O. The number of nitrogens with one attached hydrogen (secondary N) is 2. The predicted molar refractivity (Wildman–Crippen MR) is 101 cm³/mol. The Morgan fingerprint density at radius 1 is 0.889 bits per heavy atom. The molecule has 0 saturated carbocycles. The van der Waals surface area contributed by atoms with Crippen LogP contribution in [0.5, 0.6) is 5.75 Å². The van der Waals surface area contributed by atoms with Gasteiger partial charge in [0.25, 0.3) is 0 Å². The second-order valence-electron chi connectivity index (χ2n) is 6.28. The Bertz CT molecular complexity index is 791. The van der Waals surface area contributed by atoms with Crippen LogP contribution in [0.2, 0.25) is 0 Å². The van der Waals surface area contributed by atoms with Gasteiger partial charge in [-0.25, -0.2) is 0 Å². The van der Waals surface area contributed by atoms with E-state index in [4.69, 9.17) is 5.73 Å². The van der Waals surface area contributed by atoms with Gasteiger partial charge in [0.2, 0.25) is 17.7 Å². The van der Waals surface area contributed by atoms with E-state index in [-0.39, 0.29) is 24.5 Å². The summed E-state index contributed by atoms with van der Waals surface area (Å²) in [5, 5.41) is 14.6. The van der Waals surface area contributed by atoms with Crippen molar-refractivity contribution in [2.45, 2.75) is 31.8 Å². The Kier molecular flexibility index (Phi) is 6.93. The number of benzene rings is 2. The molecule has 0 saturated heterocycles. The van der Waals surface area contributed by atoms with Crippen LogP contribution in [0.3, 0.4) is 0 Å². The predicted octanol–water partition coefficient (Wildman–Crippen LogP) is 0.652. The van der Waals surface area contributed by atoms with E-state index in [9.17, 15) is 19.5 Å². The normalized spacial score (nSPS) is 12.6. The van der Waals surface area contributed by atoms with Crippen molar-refractivity contribution in [3.63, 3.8) is 0 Å². The zero-order valence-electron chi connectivity index (χ0n) is 15.0. The van der Waals surface area contributed by atoms with Gasteiger partial charge in [-0.3, -0.25) is 14.4 Å². The van der Waals surface area contributed by atoms with E-state index in [1.165, 1.54) is 19.1 Å². The summed E-state index contributed by atoms with van der Waals surface area (Å²) in [7, 11) is 0. The molecule has 1 unspecified atom stereocenters. The van der Waals surface area contributed by atoms with Gasteiger partial charge in [0.1, 0.15) is 17.8 Å². The molecule has 0 aliphatic heterocycles. The molecule has 2 rings (SSSR count). The number of carbonyl (C=O) groups is 3. The first-order valence-electron chi connectivity index (χ1n) is 8.54. The highest BCUT2D eigenvalue weighted by Gasteiger charge is 2.25. The maximum atomic E-state index is 12.7. The molecule has 2 aromatic rings. The van der Waals surface area contributed by atoms with Crippen LogP contribution in [0.25, 0.3) is 0 Å². The van der Waals surface area contributed by atoms with Gasteiger partial charge in [0.05, 0.1) is 0 Å². The molecule has 2 aromatic carbocycles. The maximum Gasteiger partial charge on any atom is 0.243 e. The third-order valence-corrected chi connectivity index (χ3v) is 4.01. The van der Waals surface area contributed by atoms with Crippen molar-refractivity contribution < 1.29 is 19.5 Å². The highest BCUT2D eigenvalue weighted by molar-refractivity contribution is 5.91. The second kappa shape index (κ2) is 9.38. The van der Waals surface area contributed by atoms with E-state index in [2.05, 4.69) is 10.6 Å². The second-order valence-corrected chi connectivity index (χ2v) is 6.28. The highest BCUT2D eigenvalue weighted by Crippen LogP contribution is 2.12. The summed E-state index contributed by atoms with van der Waals surface area (Å²) in [6, 6.07) is 13.8. The highest BCUT2D eigenvalue weighted by atomic mass is 16.3. The van der Waals surface area contributed by atoms with Gasteiger partial charge in [-0.1, -0.05) is 42.5 Å². The van der Waals surface area contributed by atoms with Gasteiger partial charge in [-0.2, -0.15) is 0 Å². The lowest BCUT2D eigenvalue weighted by Crippen LogP contribution is -2.54. The van der Waals surface area contributed by atoms with Crippen LogP contribution in [0.4, 0.5) is 0 Å². The first kappa shape index (κ1) is 20.0. The van der Waals surface area contributed by atoms with Crippen LogP contribution in [0.1, 0.15) is 18.1 Å². The minimum Gasteiger partial charge on any atom is -0.508 e. The minimum atomic E-state index is -0.936. The monoisotopic (exact) mass is 369 g/mol. The molecule has 7 nitrogen and oxygen atoms in total. The van der Waals surface area contributed by atoms with E-state index in [0.717, 1.165) is 11.1 Å². The standard InChI is InChI=1S/C20H23N3O4/c1-13(24)22-18(12-14-5-3-2-4-6-14)20(27)23-17(19(21)26)11-15-7-9-16(25)10-8-15/h2-10,17-18,25H,11-12H2,1H3,(H2,21,26)(H,22,24)(H,23,27)/t17?,18-/m0/s1. The quantitative estimate of drug-likeness (QED) is 0.546. The maximum absolute atomic E-state index is 12.7. The lowest BCUT2D eigenvalue weighted by molar-refractivity contribution is -0.130. The molecule has 5 N–H and O–H groups in total. The fourth-order valence-electron chi connectivity index (χ4n) is 2.67. The molecule has 0 fully saturated rings. The number of carbonyl (C=O) groups excluding carboxylic acids is 3. The molecular weight excluding hydrogens is 346 g/mol. The Balaban J connectivity index is 2.10. The summed E-state index contributed by atoms with van der Waals surface area (Å²) < 4.78 is 0. The average molecular weight is 369 g/mol. The molecule has 0 radical (unpaired) electrons. The molecule has 0 heterocycles. The molecule has 0 aliphatic carbocycles. The Labute approximate surface area is 157 Å². The molecule has 142 valence electrons. The molecule has 0 spiro atoms. The zero-order chi connectivity index (χ0) is 19.8. The van der Waals surface area contributed by atoms with Gasteiger partial charge in [-0.05, 0) is 23.3 Å². The number of phenolic OH excluding ortho intramolecular Hbond substituents is 1. The summed E-state index contributed by atoms with van der Waals surface area (Å²) >= 11 is 0. The first-order chi connectivity index (χ1) is 12.8. The number of aromatic hydroxyl groups is 1. The largest absolute Gasteiger partial charge is 0.508 e. The van der Waals surface area contributed by atoms with Crippen LogP contribution in [0.15, 0.2) is 54.6 Å². The zero-order valence-corrected chi connectivity index (χ0v) is 15.0. The molecule has 27 heavy (non-hydrogen) atoms. The summed E-state index contributed by atoms with van der Waals surface area (Å²) in [4.78, 5) is 35.9.